The predicted molar refractivity (Wildman–Crippen MR) is 94.4 cm³/mol. The van der Waals surface area contributed by atoms with Crippen LogP contribution in [0.5, 0.6) is 5.75 Å². The van der Waals surface area contributed by atoms with Gasteiger partial charge in [-0.25, -0.2) is 0 Å². The maximum Gasteiger partial charge on any atom is 0.261 e. The van der Waals surface area contributed by atoms with Crippen molar-refractivity contribution >= 4 is 17.2 Å². The van der Waals surface area contributed by atoms with Gasteiger partial charge in [0.1, 0.15) is 11.9 Å². The Hall–Kier alpha value is -2.66. The third-order valence-corrected chi connectivity index (χ3v) is 4.92. The number of hydrogen-bond acceptors (Lipinski definition) is 4. The van der Waals surface area contributed by atoms with E-state index in [4.69, 9.17) is 4.74 Å². The van der Waals surface area contributed by atoms with Crippen LogP contribution in [0, 0.1) is 0 Å². The molecule has 4 rings (SSSR count). The number of benzene rings is 1. The van der Waals surface area contributed by atoms with E-state index in [0.29, 0.717) is 6.54 Å². The number of fused-ring (bicyclic) bond motifs is 1. The summed E-state index contributed by atoms with van der Waals surface area (Å²) in [6.45, 7) is 0.501. The Morgan fingerprint density at radius 3 is 2.88 bits per heavy atom. The van der Waals surface area contributed by atoms with Crippen molar-refractivity contribution in [2.75, 3.05) is 6.54 Å². The number of carbonyl (C=O) groups is 1. The Bertz CT molecular complexity index is 847. The third kappa shape index (κ3) is 2.90. The first-order valence-corrected chi connectivity index (χ1v) is 8.70. The Morgan fingerprint density at radius 1 is 1.21 bits per heavy atom. The topological polar surface area (TPSA) is 51.2 Å². The van der Waals surface area contributed by atoms with Crippen molar-refractivity contribution in [3.05, 3.63) is 70.7 Å². The number of rotatable bonds is 4. The molecule has 3 heterocycles. The highest BCUT2D eigenvalue weighted by molar-refractivity contribution is 7.12. The molecule has 2 aromatic heterocycles. The van der Waals surface area contributed by atoms with Crippen molar-refractivity contribution in [3.63, 3.8) is 0 Å². The van der Waals surface area contributed by atoms with Crippen molar-refractivity contribution in [2.45, 2.75) is 12.5 Å². The first-order valence-electron chi connectivity index (χ1n) is 7.82. The first kappa shape index (κ1) is 14.9. The highest BCUT2D eigenvalue weighted by atomic mass is 32.1. The largest absolute Gasteiger partial charge is 0.487 e. The summed E-state index contributed by atoms with van der Waals surface area (Å²) in [6.07, 6.45) is 4.33. The van der Waals surface area contributed by atoms with E-state index in [1.165, 1.54) is 16.9 Å². The summed E-state index contributed by atoms with van der Waals surface area (Å²) in [7, 11) is 0. The summed E-state index contributed by atoms with van der Waals surface area (Å²) in [5.74, 6) is 0.873. The van der Waals surface area contributed by atoms with Gasteiger partial charge in [-0.1, -0.05) is 24.3 Å². The lowest BCUT2D eigenvalue weighted by molar-refractivity contribution is 0.0937. The van der Waals surface area contributed by atoms with Gasteiger partial charge in [0.15, 0.2) is 0 Å². The number of para-hydroxylation sites is 1. The van der Waals surface area contributed by atoms with Crippen LogP contribution in [-0.4, -0.2) is 23.5 Å². The van der Waals surface area contributed by atoms with Crippen LogP contribution in [0.3, 0.4) is 0 Å². The number of thiophene rings is 1. The first-order chi connectivity index (χ1) is 11.8. The van der Waals surface area contributed by atoms with Crippen LogP contribution in [0.25, 0.3) is 11.1 Å². The summed E-state index contributed by atoms with van der Waals surface area (Å²) in [5, 5.41) is 4.86. The second kappa shape index (κ2) is 6.45. The van der Waals surface area contributed by atoms with Gasteiger partial charge in [-0.3, -0.25) is 9.78 Å². The number of nitrogens with zero attached hydrogens (tertiary/aromatic N) is 1. The molecule has 5 heteroatoms. The van der Waals surface area contributed by atoms with E-state index in [-0.39, 0.29) is 12.0 Å². The van der Waals surface area contributed by atoms with Crippen molar-refractivity contribution < 1.29 is 9.53 Å². The van der Waals surface area contributed by atoms with Crippen LogP contribution in [0.4, 0.5) is 0 Å². The molecule has 0 aliphatic carbocycles. The fraction of sp³-hybridized carbons (Fsp3) is 0.158. The lowest BCUT2D eigenvalue weighted by Gasteiger charge is -2.13. The smallest absolute Gasteiger partial charge is 0.261 e. The quantitative estimate of drug-likeness (QED) is 0.793. The fourth-order valence-electron chi connectivity index (χ4n) is 2.91. The molecule has 3 aromatic rings. The van der Waals surface area contributed by atoms with Gasteiger partial charge in [0.05, 0.1) is 11.4 Å². The van der Waals surface area contributed by atoms with E-state index < -0.39 is 0 Å². The molecule has 0 bridgehead atoms. The molecule has 1 amide bonds. The Balaban J connectivity index is 1.47. The number of nitrogens with one attached hydrogen (secondary N) is 1. The van der Waals surface area contributed by atoms with Crippen molar-refractivity contribution in [2.24, 2.45) is 0 Å². The van der Waals surface area contributed by atoms with E-state index in [9.17, 15) is 4.79 Å². The van der Waals surface area contributed by atoms with Crippen LogP contribution in [0.2, 0.25) is 0 Å². The zero-order chi connectivity index (χ0) is 16.4. The zero-order valence-electron chi connectivity index (χ0n) is 12.9. The molecule has 1 aliphatic rings. The summed E-state index contributed by atoms with van der Waals surface area (Å²) in [5.41, 5.74) is 3.34. The minimum absolute atomic E-state index is 0.0353. The molecule has 0 spiro atoms. The van der Waals surface area contributed by atoms with Crippen LogP contribution in [-0.2, 0) is 6.42 Å². The molecule has 1 N–H and O–H groups in total. The van der Waals surface area contributed by atoms with Crippen LogP contribution < -0.4 is 10.1 Å². The Morgan fingerprint density at radius 2 is 2.08 bits per heavy atom. The van der Waals surface area contributed by atoms with Gasteiger partial charge >= 0.3 is 0 Å². The Labute approximate surface area is 144 Å². The predicted octanol–water partition coefficient (Wildman–Crippen LogP) is 3.54. The van der Waals surface area contributed by atoms with Gasteiger partial charge in [0.25, 0.3) is 5.91 Å². The van der Waals surface area contributed by atoms with Gasteiger partial charge in [-0.2, -0.15) is 0 Å². The second-order valence-corrected chi connectivity index (χ2v) is 6.61. The van der Waals surface area contributed by atoms with Gasteiger partial charge in [-0.15, -0.1) is 11.3 Å². The highest BCUT2D eigenvalue weighted by Crippen LogP contribution is 2.38. The maximum atomic E-state index is 12.1. The SMILES string of the molecule is O=C(NCC1Cc2cccc(-c3ccncc3)c2O1)c1cccs1. The molecule has 0 radical (unpaired) electrons. The second-order valence-electron chi connectivity index (χ2n) is 5.66. The van der Waals surface area contributed by atoms with Crippen molar-refractivity contribution in [1.29, 1.82) is 0 Å². The van der Waals surface area contributed by atoms with Crippen molar-refractivity contribution in [1.82, 2.24) is 10.3 Å². The molecule has 1 unspecified atom stereocenters. The summed E-state index contributed by atoms with van der Waals surface area (Å²) < 4.78 is 6.13. The van der Waals surface area contributed by atoms with Gasteiger partial charge < -0.3 is 10.1 Å². The van der Waals surface area contributed by atoms with E-state index >= 15 is 0 Å². The van der Waals surface area contributed by atoms with Gasteiger partial charge in [0.2, 0.25) is 0 Å². The minimum atomic E-state index is -0.0427. The molecule has 0 saturated heterocycles. The van der Waals surface area contributed by atoms with Crippen LogP contribution in [0.15, 0.2) is 60.2 Å². The van der Waals surface area contributed by atoms with Crippen LogP contribution in [0.1, 0.15) is 15.2 Å². The number of amides is 1. The molecule has 24 heavy (non-hydrogen) atoms. The highest BCUT2D eigenvalue weighted by Gasteiger charge is 2.26. The number of aromatic nitrogens is 1. The number of pyridine rings is 1. The molecule has 120 valence electrons. The number of ether oxygens (including phenoxy) is 1. The van der Waals surface area contributed by atoms with Crippen LogP contribution >= 0.6 is 11.3 Å². The molecule has 1 aromatic carbocycles. The molecule has 0 fully saturated rings. The molecular weight excluding hydrogens is 320 g/mol. The summed E-state index contributed by atoms with van der Waals surface area (Å²) in [4.78, 5) is 16.9. The van der Waals surface area contributed by atoms with E-state index in [1.54, 1.807) is 12.4 Å². The fourth-order valence-corrected chi connectivity index (χ4v) is 3.55. The molecular formula is C19H16N2O2S. The summed E-state index contributed by atoms with van der Waals surface area (Å²) in [6, 6.07) is 13.8. The van der Waals surface area contributed by atoms with E-state index in [1.807, 2.05) is 35.7 Å². The molecule has 0 saturated carbocycles. The Kier molecular flexibility index (Phi) is 4.01. The lowest BCUT2D eigenvalue weighted by Crippen LogP contribution is -2.34. The molecule has 4 nitrogen and oxygen atoms in total. The standard InChI is InChI=1S/C19H16N2O2S/c22-19(17-5-2-10-24-17)21-12-15-11-14-3-1-4-16(18(14)23-15)13-6-8-20-9-7-13/h1-10,15H,11-12H2,(H,21,22). The normalized spacial score (nSPS) is 15.6. The maximum absolute atomic E-state index is 12.1. The number of carbonyl (C=O) groups excluding carboxylic acids is 1. The monoisotopic (exact) mass is 336 g/mol. The molecule has 1 aliphatic heterocycles. The van der Waals surface area contributed by atoms with E-state index in [0.717, 1.165) is 28.2 Å². The van der Waals surface area contributed by atoms with Gasteiger partial charge in [0, 0.05) is 24.4 Å². The average Bonchev–Trinajstić information content (AvgIpc) is 3.29. The summed E-state index contributed by atoms with van der Waals surface area (Å²) >= 11 is 1.44. The number of hydrogen-bond donors (Lipinski definition) is 1. The van der Waals surface area contributed by atoms with E-state index in [2.05, 4.69) is 22.4 Å². The van der Waals surface area contributed by atoms with Gasteiger partial charge in [-0.05, 0) is 34.7 Å². The molecule has 1 atom stereocenters. The zero-order valence-corrected chi connectivity index (χ0v) is 13.8. The average molecular weight is 336 g/mol. The van der Waals surface area contributed by atoms with Crippen molar-refractivity contribution in [3.8, 4) is 16.9 Å². The lowest BCUT2D eigenvalue weighted by atomic mass is 10.0. The third-order valence-electron chi connectivity index (χ3n) is 4.06. The minimum Gasteiger partial charge on any atom is -0.487 e.